The van der Waals surface area contributed by atoms with E-state index in [2.05, 4.69) is 18.4 Å². The maximum Gasteiger partial charge on any atom is 0.472 e. The zero-order valence-electron chi connectivity index (χ0n) is 29.3. The van der Waals surface area contributed by atoms with Crippen molar-refractivity contribution >= 4 is 19.8 Å². The molecule has 274 valence electrons. The topological polar surface area (TPSA) is 149 Å². The molecule has 3 atom stereocenters. The lowest BCUT2D eigenvalue weighted by Gasteiger charge is -2.20. The van der Waals surface area contributed by atoms with Crippen LogP contribution in [-0.4, -0.2) is 65.7 Å². The van der Waals surface area contributed by atoms with Gasteiger partial charge in [0.15, 0.2) is 6.10 Å². The lowest BCUT2D eigenvalue weighted by atomic mass is 10.0. The van der Waals surface area contributed by atoms with Crippen molar-refractivity contribution in [1.29, 1.82) is 0 Å². The van der Waals surface area contributed by atoms with Gasteiger partial charge in [0.25, 0.3) is 0 Å². The SMILES string of the molecule is CCCCCCCCCCCCCCCCC(=O)OC[C@@H](COP(=O)(O)OC[C@H](O)CO)OC(=O)CCCCCCCCCCC. The van der Waals surface area contributed by atoms with Crippen molar-refractivity contribution in [1.82, 2.24) is 0 Å². The normalized spacial score (nSPS) is 14.1. The molecule has 0 aromatic heterocycles. The Kier molecular flexibility index (Phi) is 31.8. The summed E-state index contributed by atoms with van der Waals surface area (Å²) in [4.78, 5) is 34.7. The number of esters is 2. The first-order valence-electron chi connectivity index (χ1n) is 18.5. The first-order valence-corrected chi connectivity index (χ1v) is 20.0. The van der Waals surface area contributed by atoms with Gasteiger partial charge in [-0.3, -0.25) is 18.6 Å². The van der Waals surface area contributed by atoms with Crippen LogP contribution in [0.1, 0.15) is 174 Å². The van der Waals surface area contributed by atoms with Crippen LogP contribution in [0.4, 0.5) is 0 Å². The lowest BCUT2D eigenvalue weighted by Crippen LogP contribution is -2.29. The molecule has 0 aliphatic heterocycles. The number of ether oxygens (including phenoxy) is 2. The van der Waals surface area contributed by atoms with Gasteiger partial charge in [-0.05, 0) is 12.8 Å². The minimum Gasteiger partial charge on any atom is -0.462 e. The molecule has 0 aliphatic carbocycles. The number of carbonyl (C=O) groups excluding carboxylic acids is 2. The molecule has 0 fully saturated rings. The first-order chi connectivity index (χ1) is 22.2. The molecule has 0 saturated carbocycles. The van der Waals surface area contributed by atoms with Gasteiger partial charge < -0.3 is 24.6 Å². The zero-order valence-corrected chi connectivity index (χ0v) is 30.2. The Balaban J connectivity index is 4.32. The lowest BCUT2D eigenvalue weighted by molar-refractivity contribution is -0.161. The molecular formula is C35H69O10P. The minimum atomic E-state index is -4.60. The second-order valence-corrected chi connectivity index (χ2v) is 14.1. The number of aliphatic hydroxyl groups excluding tert-OH is 2. The molecule has 0 spiro atoms. The van der Waals surface area contributed by atoms with E-state index in [-0.39, 0.29) is 19.4 Å². The van der Waals surface area contributed by atoms with E-state index in [1.54, 1.807) is 0 Å². The van der Waals surface area contributed by atoms with E-state index in [0.29, 0.717) is 12.8 Å². The highest BCUT2D eigenvalue weighted by Crippen LogP contribution is 2.43. The molecule has 3 N–H and O–H groups in total. The predicted molar refractivity (Wildman–Crippen MR) is 182 cm³/mol. The molecule has 0 radical (unpaired) electrons. The summed E-state index contributed by atoms with van der Waals surface area (Å²) in [6, 6.07) is 0. The fourth-order valence-corrected chi connectivity index (χ4v) is 5.90. The van der Waals surface area contributed by atoms with Crippen LogP contribution in [0.3, 0.4) is 0 Å². The summed E-state index contributed by atoms with van der Waals surface area (Å²) in [5, 5.41) is 18.2. The van der Waals surface area contributed by atoms with Gasteiger partial charge in [-0.25, -0.2) is 4.57 Å². The number of phosphoric ester groups is 1. The van der Waals surface area contributed by atoms with Crippen molar-refractivity contribution in [2.45, 2.75) is 187 Å². The van der Waals surface area contributed by atoms with Crippen molar-refractivity contribution in [2.24, 2.45) is 0 Å². The van der Waals surface area contributed by atoms with Crippen molar-refractivity contribution < 1.29 is 47.8 Å². The van der Waals surface area contributed by atoms with Crippen LogP contribution < -0.4 is 0 Å². The van der Waals surface area contributed by atoms with Crippen molar-refractivity contribution in [3.8, 4) is 0 Å². The summed E-state index contributed by atoms with van der Waals surface area (Å²) in [6.07, 6.45) is 25.1. The van der Waals surface area contributed by atoms with Gasteiger partial charge in [0.05, 0.1) is 19.8 Å². The number of hydrogen-bond acceptors (Lipinski definition) is 9. The second kappa shape index (κ2) is 32.5. The van der Waals surface area contributed by atoms with Gasteiger partial charge in [0.1, 0.15) is 12.7 Å². The number of aliphatic hydroxyl groups is 2. The zero-order chi connectivity index (χ0) is 34.1. The molecule has 0 bridgehead atoms. The number of phosphoric acid groups is 1. The Morgan fingerprint density at radius 1 is 0.565 bits per heavy atom. The van der Waals surface area contributed by atoms with E-state index in [1.807, 2.05) is 0 Å². The molecule has 10 nitrogen and oxygen atoms in total. The predicted octanol–water partition coefficient (Wildman–Crippen LogP) is 8.72. The number of hydrogen-bond donors (Lipinski definition) is 3. The summed E-state index contributed by atoms with van der Waals surface area (Å²) in [7, 11) is -4.60. The summed E-state index contributed by atoms with van der Waals surface area (Å²) in [6.45, 7) is 2.35. The Bertz CT molecular complexity index is 751. The Morgan fingerprint density at radius 2 is 0.935 bits per heavy atom. The maximum atomic E-state index is 12.5. The smallest absolute Gasteiger partial charge is 0.462 e. The van der Waals surface area contributed by atoms with Crippen LogP contribution in [-0.2, 0) is 32.7 Å². The third-order valence-corrected chi connectivity index (χ3v) is 8.96. The highest BCUT2D eigenvalue weighted by atomic mass is 31.2. The minimum absolute atomic E-state index is 0.190. The van der Waals surface area contributed by atoms with E-state index in [9.17, 15) is 24.2 Å². The summed E-state index contributed by atoms with van der Waals surface area (Å²) < 4.78 is 32.5. The van der Waals surface area contributed by atoms with Gasteiger partial charge in [0, 0.05) is 12.8 Å². The maximum absolute atomic E-state index is 12.5. The molecule has 11 heteroatoms. The van der Waals surface area contributed by atoms with Crippen molar-refractivity contribution in [3.63, 3.8) is 0 Å². The van der Waals surface area contributed by atoms with E-state index in [0.717, 1.165) is 32.1 Å². The fraction of sp³-hybridized carbons (Fsp3) is 0.943. The van der Waals surface area contributed by atoms with Crippen LogP contribution in [0.15, 0.2) is 0 Å². The highest BCUT2D eigenvalue weighted by molar-refractivity contribution is 7.47. The van der Waals surface area contributed by atoms with Crippen LogP contribution in [0.2, 0.25) is 0 Å². The standard InChI is InChI=1S/C35H69O10P/c1-3-5-7-9-11-13-14-15-16-17-19-20-22-24-26-34(38)42-30-33(31-44-46(40,41)43-29-32(37)28-36)45-35(39)27-25-23-21-18-12-10-8-6-4-2/h32-33,36-37H,3-31H2,1-2H3,(H,40,41)/t32-,33+/m1/s1. The molecule has 0 amide bonds. The molecule has 0 aliphatic rings. The Hall–Kier alpha value is -1.03. The average molecular weight is 681 g/mol. The monoisotopic (exact) mass is 680 g/mol. The quantitative estimate of drug-likeness (QED) is 0.0337. The van der Waals surface area contributed by atoms with Crippen LogP contribution in [0, 0.1) is 0 Å². The molecular weight excluding hydrogens is 611 g/mol. The summed E-state index contributed by atoms with van der Waals surface area (Å²) >= 11 is 0. The van der Waals surface area contributed by atoms with Gasteiger partial charge in [-0.2, -0.15) is 0 Å². The van der Waals surface area contributed by atoms with Crippen LogP contribution >= 0.6 is 7.82 Å². The van der Waals surface area contributed by atoms with E-state index >= 15 is 0 Å². The largest absolute Gasteiger partial charge is 0.472 e. The summed E-state index contributed by atoms with van der Waals surface area (Å²) in [5.74, 6) is -0.919. The van der Waals surface area contributed by atoms with Gasteiger partial charge in [-0.1, -0.05) is 149 Å². The van der Waals surface area contributed by atoms with Crippen LogP contribution in [0.5, 0.6) is 0 Å². The molecule has 0 saturated heterocycles. The molecule has 0 heterocycles. The summed E-state index contributed by atoms with van der Waals surface area (Å²) in [5.41, 5.74) is 0. The number of unbranched alkanes of at least 4 members (excludes halogenated alkanes) is 21. The Labute approximate surface area is 280 Å². The number of carbonyl (C=O) groups is 2. The van der Waals surface area contributed by atoms with Gasteiger partial charge in [0.2, 0.25) is 0 Å². The van der Waals surface area contributed by atoms with Gasteiger partial charge in [-0.15, -0.1) is 0 Å². The van der Waals surface area contributed by atoms with E-state index < -0.39 is 51.8 Å². The van der Waals surface area contributed by atoms with Gasteiger partial charge >= 0.3 is 19.8 Å². The second-order valence-electron chi connectivity index (χ2n) is 12.6. The first kappa shape index (κ1) is 45.0. The van der Waals surface area contributed by atoms with E-state index in [4.69, 9.17) is 19.1 Å². The molecule has 0 rings (SSSR count). The van der Waals surface area contributed by atoms with Crippen molar-refractivity contribution in [3.05, 3.63) is 0 Å². The van der Waals surface area contributed by atoms with Crippen LogP contribution in [0.25, 0.3) is 0 Å². The number of rotatable bonds is 35. The molecule has 46 heavy (non-hydrogen) atoms. The van der Waals surface area contributed by atoms with Crippen molar-refractivity contribution in [2.75, 3.05) is 26.4 Å². The third kappa shape index (κ3) is 31.6. The molecule has 0 aromatic rings. The average Bonchev–Trinajstić information content (AvgIpc) is 3.04. The fourth-order valence-electron chi connectivity index (χ4n) is 5.11. The highest BCUT2D eigenvalue weighted by Gasteiger charge is 2.27. The molecule has 1 unspecified atom stereocenters. The Morgan fingerprint density at radius 3 is 1.35 bits per heavy atom. The van der Waals surface area contributed by atoms with E-state index in [1.165, 1.54) is 103 Å². The third-order valence-electron chi connectivity index (χ3n) is 8.01. The molecule has 0 aromatic carbocycles.